The maximum absolute atomic E-state index is 13.1. The van der Waals surface area contributed by atoms with Gasteiger partial charge in [0.2, 0.25) is 5.91 Å². The Morgan fingerprint density at radius 1 is 1.14 bits per heavy atom. The standard InChI is InChI=1S/C20H15ClF3N3O/c1-19(2,27-8-7-12-9-14(21)4-6-17(12)27)18(28)26-15-5-3-13(11-25)16(10-15)20(22,23)24/h3-10H,1-2H3,(H,26,28). The van der Waals surface area contributed by atoms with Gasteiger partial charge in [-0.2, -0.15) is 18.4 Å². The molecule has 0 atom stereocenters. The predicted molar refractivity (Wildman–Crippen MR) is 101 cm³/mol. The molecule has 28 heavy (non-hydrogen) atoms. The van der Waals surface area contributed by atoms with Crippen LogP contribution < -0.4 is 5.32 Å². The first-order valence-electron chi connectivity index (χ1n) is 8.24. The number of nitrogens with zero attached hydrogens (tertiary/aromatic N) is 2. The van der Waals surface area contributed by atoms with Gasteiger partial charge in [-0.05, 0) is 56.3 Å². The summed E-state index contributed by atoms with van der Waals surface area (Å²) in [5.41, 5.74) is -1.96. The van der Waals surface area contributed by atoms with Gasteiger partial charge in [0.15, 0.2) is 0 Å². The molecular weight excluding hydrogens is 391 g/mol. The highest BCUT2D eigenvalue weighted by Crippen LogP contribution is 2.34. The topological polar surface area (TPSA) is 57.8 Å². The molecule has 4 nitrogen and oxygen atoms in total. The van der Waals surface area contributed by atoms with E-state index in [4.69, 9.17) is 16.9 Å². The van der Waals surface area contributed by atoms with Crippen LogP contribution in [0.25, 0.3) is 10.9 Å². The van der Waals surface area contributed by atoms with Crippen LogP contribution in [0.5, 0.6) is 0 Å². The zero-order valence-electron chi connectivity index (χ0n) is 14.9. The number of rotatable bonds is 3. The molecule has 3 aromatic rings. The summed E-state index contributed by atoms with van der Waals surface area (Å²) in [6.07, 6.45) is -2.97. The fraction of sp³-hybridized carbons (Fsp3) is 0.200. The van der Waals surface area contributed by atoms with Gasteiger partial charge in [-0.3, -0.25) is 4.79 Å². The minimum absolute atomic E-state index is 0.0380. The first kappa shape index (κ1) is 19.8. The lowest BCUT2D eigenvalue weighted by Gasteiger charge is -2.27. The molecule has 0 aliphatic heterocycles. The third-order valence-electron chi connectivity index (χ3n) is 4.51. The first-order chi connectivity index (χ1) is 13.0. The van der Waals surface area contributed by atoms with Gasteiger partial charge >= 0.3 is 6.18 Å². The highest BCUT2D eigenvalue weighted by atomic mass is 35.5. The highest BCUT2D eigenvalue weighted by molar-refractivity contribution is 6.31. The van der Waals surface area contributed by atoms with Crippen LogP contribution in [0.3, 0.4) is 0 Å². The molecule has 0 bridgehead atoms. The summed E-state index contributed by atoms with van der Waals surface area (Å²) >= 11 is 5.99. The van der Waals surface area contributed by atoms with Crippen molar-refractivity contribution >= 4 is 34.1 Å². The predicted octanol–water partition coefficient (Wildman–Crippen LogP) is 5.56. The van der Waals surface area contributed by atoms with Crippen LogP contribution in [-0.4, -0.2) is 10.5 Å². The van der Waals surface area contributed by atoms with Crippen LogP contribution in [0.15, 0.2) is 48.7 Å². The summed E-state index contributed by atoms with van der Waals surface area (Å²) in [6.45, 7) is 3.31. The summed E-state index contributed by atoms with van der Waals surface area (Å²) in [4.78, 5) is 12.9. The van der Waals surface area contributed by atoms with Gasteiger partial charge in [0.25, 0.3) is 0 Å². The fourth-order valence-corrected chi connectivity index (χ4v) is 3.13. The van der Waals surface area contributed by atoms with Crippen molar-refractivity contribution in [3.8, 4) is 6.07 Å². The quantitative estimate of drug-likeness (QED) is 0.620. The second-order valence-corrected chi connectivity index (χ2v) is 7.21. The molecule has 144 valence electrons. The number of carbonyl (C=O) groups excluding carboxylic acids is 1. The zero-order chi connectivity index (χ0) is 20.7. The monoisotopic (exact) mass is 405 g/mol. The van der Waals surface area contributed by atoms with Crippen molar-refractivity contribution in [1.82, 2.24) is 4.57 Å². The summed E-state index contributed by atoms with van der Waals surface area (Å²) in [5.74, 6) is -0.502. The lowest BCUT2D eigenvalue weighted by molar-refractivity contribution is -0.137. The number of halogens is 4. The van der Waals surface area contributed by atoms with Crippen LogP contribution in [0.2, 0.25) is 5.02 Å². The molecular formula is C20H15ClF3N3O. The molecule has 1 heterocycles. The molecule has 2 aromatic carbocycles. The number of nitrogens with one attached hydrogen (secondary N) is 1. The molecule has 0 saturated heterocycles. The van der Waals surface area contributed by atoms with Gasteiger partial charge in [0.1, 0.15) is 5.54 Å². The Bertz CT molecular complexity index is 1110. The lowest BCUT2D eigenvalue weighted by atomic mass is 10.0. The van der Waals surface area contributed by atoms with E-state index in [-0.39, 0.29) is 5.69 Å². The van der Waals surface area contributed by atoms with Crippen LogP contribution >= 0.6 is 11.6 Å². The number of anilines is 1. The Labute approximate surface area is 164 Å². The van der Waals surface area contributed by atoms with Gasteiger partial charge in [-0.1, -0.05) is 11.6 Å². The van der Waals surface area contributed by atoms with E-state index >= 15 is 0 Å². The number of benzene rings is 2. The number of carbonyl (C=O) groups is 1. The van der Waals surface area contributed by atoms with E-state index in [2.05, 4.69) is 5.32 Å². The molecule has 0 saturated carbocycles. The SMILES string of the molecule is CC(C)(C(=O)Nc1ccc(C#N)c(C(F)(F)F)c1)n1ccc2cc(Cl)ccc21. The Kier molecular flexibility index (Phi) is 4.86. The molecule has 0 spiro atoms. The maximum atomic E-state index is 13.1. The smallest absolute Gasteiger partial charge is 0.333 e. The molecule has 0 aliphatic rings. The van der Waals surface area contributed by atoms with Gasteiger partial charge in [0, 0.05) is 27.8 Å². The Morgan fingerprint density at radius 3 is 2.50 bits per heavy atom. The minimum Gasteiger partial charge on any atom is -0.333 e. The second kappa shape index (κ2) is 6.88. The minimum atomic E-state index is -4.70. The molecule has 0 unspecified atom stereocenters. The van der Waals surface area contributed by atoms with Gasteiger partial charge in [-0.15, -0.1) is 0 Å². The molecule has 1 N–H and O–H groups in total. The lowest BCUT2D eigenvalue weighted by Crippen LogP contribution is -2.39. The number of hydrogen-bond donors (Lipinski definition) is 1. The largest absolute Gasteiger partial charge is 0.417 e. The zero-order valence-corrected chi connectivity index (χ0v) is 15.7. The van der Waals surface area contributed by atoms with E-state index in [0.717, 1.165) is 23.0 Å². The summed E-state index contributed by atoms with van der Waals surface area (Å²) in [5, 5.41) is 12.8. The average molecular weight is 406 g/mol. The van der Waals surface area contributed by atoms with E-state index in [9.17, 15) is 18.0 Å². The maximum Gasteiger partial charge on any atom is 0.417 e. The van der Waals surface area contributed by atoms with Crippen molar-refractivity contribution in [2.45, 2.75) is 25.6 Å². The normalized spacial score (nSPS) is 12.0. The van der Waals surface area contributed by atoms with Crippen molar-refractivity contribution in [2.24, 2.45) is 0 Å². The Morgan fingerprint density at radius 2 is 1.86 bits per heavy atom. The molecule has 8 heteroatoms. The second-order valence-electron chi connectivity index (χ2n) is 6.77. The van der Waals surface area contributed by atoms with Crippen molar-refractivity contribution in [3.63, 3.8) is 0 Å². The number of alkyl halides is 3. The molecule has 3 rings (SSSR count). The first-order valence-corrected chi connectivity index (χ1v) is 8.62. The highest BCUT2D eigenvalue weighted by Gasteiger charge is 2.35. The van der Waals surface area contributed by atoms with Crippen LogP contribution in [0, 0.1) is 11.3 Å². The van der Waals surface area contributed by atoms with E-state index in [1.54, 1.807) is 48.9 Å². The van der Waals surface area contributed by atoms with Crippen LogP contribution in [0.4, 0.5) is 18.9 Å². The van der Waals surface area contributed by atoms with Crippen molar-refractivity contribution < 1.29 is 18.0 Å². The van der Waals surface area contributed by atoms with Gasteiger partial charge < -0.3 is 9.88 Å². The van der Waals surface area contributed by atoms with Gasteiger partial charge in [0.05, 0.1) is 17.2 Å². The number of hydrogen-bond acceptors (Lipinski definition) is 2. The summed E-state index contributed by atoms with van der Waals surface area (Å²) in [7, 11) is 0. The fourth-order valence-electron chi connectivity index (χ4n) is 2.95. The van der Waals surface area contributed by atoms with Crippen LogP contribution in [-0.2, 0) is 16.5 Å². The number of fused-ring (bicyclic) bond motifs is 1. The van der Waals surface area contributed by atoms with Crippen molar-refractivity contribution in [3.05, 3.63) is 64.8 Å². The number of amides is 1. The summed E-state index contributed by atoms with van der Waals surface area (Å²) in [6, 6.07) is 11.6. The molecule has 1 aromatic heterocycles. The van der Waals surface area contributed by atoms with Crippen LogP contribution in [0.1, 0.15) is 25.0 Å². The van der Waals surface area contributed by atoms with E-state index in [0.29, 0.717) is 5.02 Å². The Hall–Kier alpha value is -2.98. The summed E-state index contributed by atoms with van der Waals surface area (Å²) < 4.78 is 41.1. The third-order valence-corrected chi connectivity index (χ3v) is 4.75. The average Bonchev–Trinajstić information content (AvgIpc) is 3.04. The van der Waals surface area contributed by atoms with Crippen molar-refractivity contribution in [2.75, 3.05) is 5.32 Å². The molecule has 0 fully saturated rings. The van der Waals surface area contributed by atoms with E-state index in [1.165, 1.54) is 12.1 Å². The molecule has 0 aliphatic carbocycles. The van der Waals surface area contributed by atoms with E-state index in [1.807, 2.05) is 0 Å². The van der Waals surface area contributed by atoms with Crippen molar-refractivity contribution in [1.29, 1.82) is 5.26 Å². The van der Waals surface area contributed by atoms with E-state index < -0.39 is 28.7 Å². The number of aromatic nitrogens is 1. The van der Waals surface area contributed by atoms with Gasteiger partial charge in [-0.25, -0.2) is 0 Å². The third kappa shape index (κ3) is 3.56. The number of nitriles is 1. The Balaban J connectivity index is 1.94. The molecule has 0 radical (unpaired) electrons. The molecule has 1 amide bonds.